The van der Waals surface area contributed by atoms with Crippen molar-refractivity contribution in [3.8, 4) is 11.1 Å². The van der Waals surface area contributed by atoms with Gasteiger partial charge in [0.05, 0.1) is 11.3 Å². The number of piperidine rings is 1. The van der Waals surface area contributed by atoms with Crippen LogP contribution in [0.4, 0.5) is 10.1 Å². The van der Waals surface area contributed by atoms with Gasteiger partial charge in [0.2, 0.25) is 5.95 Å². The van der Waals surface area contributed by atoms with Gasteiger partial charge in [-0.25, -0.2) is 9.78 Å². The summed E-state index contributed by atoms with van der Waals surface area (Å²) in [6, 6.07) is 2.95. The van der Waals surface area contributed by atoms with Gasteiger partial charge in [-0.05, 0) is 58.1 Å². The van der Waals surface area contributed by atoms with Gasteiger partial charge in [-0.15, -0.1) is 0 Å². The lowest BCUT2D eigenvalue weighted by Gasteiger charge is -2.40. The Morgan fingerprint density at radius 2 is 1.84 bits per heavy atom. The van der Waals surface area contributed by atoms with Crippen molar-refractivity contribution in [2.45, 2.75) is 66.1 Å². The number of anilines is 1. The van der Waals surface area contributed by atoms with Crippen LogP contribution in [0.3, 0.4) is 0 Å². The molecule has 0 amide bonds. The molecule has 0 aliphatic carbocycles. The van der Waals surface area contributed by atoms with E-state index in [1.807, 2.05) is 20.8 Å². The molecule has 1 aliphatic heterocycles. The first-order chi connectivity index (χ1) is 14.4. The first-order valence-electron chi connectivity index (χ1n) is 10.6. The number of hydrogen-bond acceptors (Lipinski definition) is 5. The lowest BCUT2D eigenvalue weighted by atomic mass is 9.82. The Morgan fingerprint density at radius 1 is 1.19 bits per heavy atom. The predicted octanol–water partition coefficient (Wildman–Crippen LogP) is 5.16. The lowest BCUT2D eigenvalue weighted by molar-refractivity contribution is -0.160. The van der Waals surface area contributed by atoms with E-state index >= 15 is 0 Å². The molecule has 1 atom stereocenters. The summed E-state index contributed by atoms with van der Waals surface area (Å²) >= 11 is 0. The van der Waals surface area contributed by atoms with E-state index in [2.05, 4.69) is 28.7 Å². The highest BCUT2D eigenvalue weighted by atomic mass is 19.1. The maximum atomic E-state index is 13.5. The Kier molecular flexibility index (Phi) is 6.37. The highest BCUT2D eigenvalue weighted by Crippen LogP contribution is 2.43. The molecule has 0 aromatic carbocycles. The second-order valence-electron chi connectivity index (χ2n) is 9.99. The maximum absolute atomic E-state index is 13.5. The molecule has 1 aliphatic rings. The molecule has 1 unspecified atom stereocenters. The SMILES string of the molecule is Cc1ncc(-c2ccc(F)nc2)c(N2CCC(C)(C)CC2)c1C(OC(C)(C)C)C(=O)O. The Labute approximate surface area is 183 Å². The second-order valence-corrected chi connectivity index (χ2v) is 9.99. The van der Waals surface area contributed by atoms with Crippen molar-refractivity contribution in [1.29, 1.82) is 0 Å². The minimum Gasteiger partial charge on any atom is -0.479 e. The number of carboxylic acids is 1. The number of aryl methyl sites for hydroxylation is 1. The molecule has 1 fully saturated rings. The van der Waals surface area contributed by atoms with E-state index in [0.717, 1.165) is 37.2 Å². The van der Waals surface area contributed by atoms with Crippen molar-refractivity contribution in [2.24, 2.45) is 5.41 Å². The summed E-state index contributed by atoms with van der Waals surface area (Å²) < 4.78 is 19.5. The van der Waals surface area contributed by atoms with Gasteiger partial charge in [-0.3, -0.25) is 4.98 Å². The third kappa shape index (κ3) is 5.39. The van der Waals surface area contributed by atoms with E-state index in [1.54, 1.807) is 19.2 Å². The van der Waals surface area contributed by atoms with Crippen molar-refractivity contribution in [3.63, 3.8) is 0 Å². The minimum atomic E-state index is -1.18. The van der Waals surface area contributed by atoms with Gasteiger partial charge >= 0.3 is 5.97 Å². The van der Waals surface area contributed by atoms with Gasteiger partial charge < -0.3 is 14.7 Å². The number of nitrogens with zero attached hydrogens (tertiary/aromatic N) is 3. The van der Waals surface area contributed by atoms with Crippen molar-refractivity contribution < 1.29 is 19.0 Å². The number of rotatable bonds is 5. The minimum absolute atomic E-state index is 0.227. The van der Waals surface area contributed by atoms with Gasteiger partial charge in [0.1, 0.15) is 0 Å². The summed E-state index contributed by atoms with van der Waals surface area (Å²) in [6.07, 6.45) is 3.97. The normalized spacial score (nSPS) is 17.5. The number of carboxylic acid groups (broad SMARTS) is 1. The second kappa shape index (κ2) is 8.54. The Bertz CT molecular complexity index is 942. The van der Waals surface area contributed by atoms with Gasteiger partial charge in [0.15, 0.2) is 6.10 Å². The van der Waals surface area contributed by atoms with E-state index in [4.69, 9.17) is 4.74 Å². The van der Waals surface area contributed by atoms with Crippen molar-refractivity contribution >= 4 is 11.7 Å². The molecule has 0 saturated carbocycles. The summed E-state index contributed by atoms with van der Waals surface area (Å²) in [6.45, 7) is 13.4. The van der Waals surface area contributed by atoms with E-state index < -0.39 is 23.6 Å². The molecule has 0 radical (unpaired) electrons. The molecule has 7 heteroatoms. The quantitative estimate of drug-likeness (QED) is 0.662. The zero-order chi connectivity index (χ0) is 23.0. The van der Waals surface area contributed by atoms with Gasteiger partial charge in [-0.2, -0.15) is 4.39 Å². The number of aromatic nitrogens is 2. The fourth-order valence-corrected chi connectivity index (χ4v) is 3.93. The zero-order valence-electron chi connectivity index (χ0n) is 19.2. The highest BCUT2D eigenvalue weighted by molar-refractivity contribution is 5.86. The molecule has 2 aromatic heterocycles. The summed E-state index contributed by atoms with van der Waals surface area (Å²) in [5.41, 5.74) is 2.92. The molecule has 31 heavy (non-hydrogen) atoms. The Hall–Kier alpha value is -2.54. The standard InChI is InChI=1S/C24H32FN3O3/c1-15-19(21(22(29)30)31-23(2,3)4)20(28-11-9-24(5,6)10-12-28)17(14-26-15)16-7-8-18(25)27-13-16/h7-8,13-14,21H,9-12H2,1-6H3,(H,29,30). The van der Waals surface area contributed by atoms with Crippen LogP contribution in [0.25, 0.3) is 11.1 Å². The molecule has 2 aromatic rings. The predicted molar refractivity (Wildman–Crippen MR) is 119 cm³/mol. The van der Waals surface area contributed by atoms with E-state index in [-0.39, 0.29) is 5.41 Å². The highest BCUT2D eigenvalue weighted by Gasteiger charge is 2.35. The van der Waals surface area contributed by atoms with Crippen molar-refractivity contribution in [2.75, 3.05) is 18.0 Å². The molecule has 1 saturated heterocycles. The Morgan fingerprint density at radius 3 is 2.35 bits per heavy atom. The molecule has 6 nitrogen and oxygen atoms in total. The molecule has 168 valence electrons. The summed E-state index contributed by atoms with van der Waals surface area (Å²) in [5, 5.41) is 10.1. The molecule has 3 rings (SSSR count). The topological polar surface area (TPSA) is 75.5 Å². The van der Waals surface area contributed by atoms with Gasteiger partial charge in [-0.1, -0.05) is 13.8 Å². The van der Waals surface area contributed by atoms with Crippen molar-refractivity contribution in [1.82, 2.24) is 9.97 Å². The van der Waals surface area contributed by atoms with Crippen LogP contribution in [0.5, 0.6) is 0 Å². The van der Waals surface area contributed by atoms with Crippen LogP contribution in [0.2, 0.25) is 0 Å². The molecular weight excluding hydrogens is 397 g/mol. The van der Waals surface area contributed by atoms with Gasteiger partial charge in [0.25, 0.3) is 0 Å². The van der Waals surface area contributed by atoms with Crippen LogP contribution in [0.1, 0.15) is 64.8 Å². The lowest BCUT2D eigenvalue weighted by Crippen LogP contribution is -2.39. The first kappa shape index (κ1) is 23.1. The summed E-state index contributed by atoms with van der Waals surface area (Å²) in [7, 11) is 0. The molecule has 3 heterocycles. The number of ether oxygens (including phenoxy) is 1. The van der Waals surface area contributed by atoms with Crippen LogP contribution in [0.15, 0.2) is 24.5 Å². The number of pyridine rings is 2. The molecule has 0 spiro atoms. The Balaban J connectivity index is 2.22. The third-order valence-electron chi connectivity index (χ3n) is 5.72. The van der Waals surface area contributed by atoms with E-state index in [9.17, 15) is 14.3 Å². The van der Waals surface area contributed by atoms with Gasteiger partial charge in [0, 0.05) is 47.9 Å². The van der Waals surface area contributed by atoms with E-state index in [1.165, 1.54) is 12.3 Å². The number of hydrogen-bond donors (Lipinski definition) is 1. The number of carbonyl (C=O) groups is 1. The van der Waals surface area contributed by atoms with Crippen LogP contribution in [0, 0.1) is 18.3 Å². The number of aliphatic carboxylic acids is 1. The van der Waals surface area contributed by atoms with Crippen LogP contribution >= 0.6 is 0 Å². The first-order valence-corrected chi connectivity index (χ1v) is 10.6. The smallest absolute Gasteiger partial charge is 0.337 e. The zero-order valence-corrected chi connectivity index (χ0v) is 19.2. The average molecular weight is 430 g/mol. The molecule has 1 N–H and O–H groups in total. The average Bonchev–Trinajstić information content (AvgIpc) is 2.66. The monoisotopic (exact) mass is 429 g/mol. The largest absolute Gasteiger partial charge is 0.479 e. The van der Waals surface area contributed by atoms with Crippen LogP contribution in [-0.2, 0) is 9.53 Å². The van der Waals surface area contributed by atoms with Crippen LogP contribution < -0.4 is 4.90 Å². The summed E-state index contributed by atoms with van der Waals surface area (Å²) in [5.74, 6) is -1.63. The van der Waals surface area contributed by atoms with Crippen LogP contribution in [-0.4, -0.2) is 39.7 Å². The summed E-state index contributed by atoms with van der Waals surface area (Å²) in [4.78, 5) is 22.8. The third-order valence-corrected chi connectivity index (χ3v) is 5.72. The maximum Gasteiger partial charge on any atom is 0.337 e. The van der Waals surface area contributed by atoms with Crippen molar-refractivity contribution in [3.05, 3.63) is 41.7 Å². The molecule has 0 bridgehead atoms. The fraction of sp³-hybridized carbons (Fsp3) is 0.542. The number of halogens is 1. The molecular formula is C24H32FN3O3. The fourth-order valence-electron chi connectivity index (χ4n) is 3.93. The van der Waals surface area contributed by atoms with E-state index in [0.29, 0.717) is 16.8 Å².